The molecule has 22 heavy (non-hydrogen) atoms. The zero-order valence-electron chi connectivity index (χ0n) is 13.5. The van der Waals surface area contributed by atoms with E-state index in [1.807, 2.05) is 31.3 Å². The van der Waals surface area contributed by atoms with Crippen molar-refractivity contribution in [3.05, 3.63) is 29.8 Å². The van der Waals surface area contributed by atoms with Crippen LogP contribution in [0.3, 0.4) is 0 Å². The lowest BCUT2D eigenvalue weighted by atomic mass is 10.2. The molecule has 0 unspecified atom stereocenters. The minimum atomic E-state index is 0. The molecule has 1 fully saturated rings. The van der Waals surface area contributed by atoms with Gasteiger partial charge in [0.15, 0.2) is 0 Å². The fourth-order valence-electron chi connectivity index (χ4n) is 2.59. The van der Waals surface area contributed by atoms with Crippen molar-refractivity contribution in [2.75, 3.05) is 40.3 Å². The molecule has 1 aromatic rings. The predicted molar refractivity (Wildman–Crippen MR) is 90.6 cm³/mol. The summed E-state index contributed by atoms with van der Waals surface area (Å²) in [5, 5.41) is 3.34. The third-order valence-electron chi connectivity index (χ3n) is 4.00. The molecule has 1 aliphatic heterocycles. The number of amides is 1. The van der Waals surface area contributed by atoms with E-state index in [4.69, 9.17) is 4.74 Å². The van der Waals surface area contributed by atoms with E-state index in [9.17, 15) is 4.79 Å². The number of rotatable bonds is 5. The Kier molecular flexibility index (Phi) is 7.65. The molecule has 5 nitrogen and oxygen atoms in total. The van der Waals surface area contributed by atoms with Crippen LogP contribution in [0.25, 0.3) is 0 Å². The average molecular weight is 328 g/mol. The first-order valence-electron chi connectivity index (χ1n) is 7.42. The molecular formula is C16H26ClN3O2. The second-order valence-corrected chi connectivity index (χ2v) is 5.59. The molecule has 1 aliphatic rings. The molecule has 6 heteroatoms. The molecule has 1 heterocycles. The summed E-state index contributed by atoms with van der Waals surface area (Å²) in [5.74, 6) is 0.974. The van der Waals surface area contributed by atoms with Crippen LogP contribution in [0.15, 0.2) is 24.3 Å². The fourth-order valence-corrected chi connectivity index (χ4v) is 2.59. The second kappa shape index (κ2) is 8.98. The van der Waals surface area contributed by atoms with Gasteiger partial charge in [0.1, 0.15) is 5.75 Å². The molecule has 1 N–H and O–H groups in total. The Morgan fingerprint density at radius 2 is 2.18 bits per heavy atom. The van der Waals surface area contributed by atoms with Crippen LogP contribution in [0, 0.1) is 0 Å². The fraction of sp³-hybridized carbons (Fsp3) is 0.562. The molecule has 0 aromatic heterocycles. The summed E-state index contributed by atoms with van der Waals surface area (Å²) in [6, 6.07) is 8.23. The minimum Gasteiger partial charge on any atom is -0.496 e. The van der Waals surface area contributed by atoms with Crippen molar-refractivity contribution in [2.45, 2.75) is 19.5 Å². The Morgan fingerprint density at radius 1 is 1.45 bits per heavy atom. The monoisotopic (exact) mass is 327 g/mol. The summed E-state index contributed by atoms with van der Waals surface area (Å²) < 4.78 is 5.34. The number of carbonyl (C=O) groups is 1. The van der Waals surface area contributed by atoms with Gasteiger partial charge in [0.2, 0.25) is 5.91 Å². The summed E-state index contributed by atoms with van der Waals surface area (Å²) >= 11 is 0. The van der Waals surface area contributed by atoms with Gasteiger partial charge < -0.3 is 15.0 Å². The van der Waals surface area contributed by atoms with Gasteiger partial charge in [-0.2, -0.15) is 0 Å². The van der Waals surface area contributed by atoms with Crippen LogP contribution >= 0.6 is 12.4 Å². The second-order valence-electron chi connectivity index (χ2n) is 5.59. The highest BCUT2D eigenvalue weighted by Crippen LogP contribution is 2.18. The van der Waals surface area contributed by atoms with E-state index in [1.165, 1.54) is 0 Å². The van der Waals surface area contributed by atoms with Gasteiger partial charge >= 0.3 is 0 Å². The first-order chi connectivity index (χ1) is 10.1. The number of benzene rings is 1. The van der Waals surface area contributed by atoms with E-state index >= 15 is 0 Å². The number of carbonyl (C=O) groups excluding carboxylic acids is 1. The topological polar surface area (TPSA) is 44.8 Å². The van der Waals surface area contributed by atoms with Crippen molar-refractivity contribution in [2.24, 2.45) is 0 Å². The van der Waals surface area contributed by atoms with Crippen molar-refractivity contribution in [1.29, 1.82) is 0 Å². The van der Waals surface area contributed by atoms with Gasteiger partial charge in [-0.25, -0.2) is 0 Å². The Balaban J connectivity index is 0.00000242. The Bertz CT molecular complexity index is 484. The molecule has 1 saturated heterocycles. The number of para-hydroxylation sites is 1. The number of nitrogens with one attached hydrogen (secondary N) is 1. The first kappa shape index (κ1) is 18.7. The maximum Gasteiger partial charge on any atom is 0.236 e. The quantitative estimate of drug-likeness (QED) is 0.887. The van der Waals surface area contributed by atoms with E-state index < -0.39 is 0 Å². The molecule has 0 spiro atoms. The lowest BCUT2D eigenvalue weighted by Crippen LogP contribution is -2.52. The molecule has 0 aliphatic carbocycles. The van der Waals surface area contributed by atoms with E-state index in [1.54, 1.807) is 12.0 Å². The predicted octanol–water partition coefficient (Wildman–Crippen LogP) is 1.37. The maximum atomic E-state index is 12.4. The van der Waals surface area contributed by atoms with Crippen LogP contribution < -0.4 is 10.1 Å². The summed E-state index contributed by atoms with van der Waals surface area (Å²) in [7, 11) is 3.50. The van der Waals surface area contributed by atoms with Gasteiger partial charge in [-0.15, -0.1) is 12.4 Å². The number of halogens is 1. The normalized spacial score (nSPS) is 18.4. The third-order valence-corrected chi connectivity index (χ3v) is 4.00. The van der Waals surface area contributed by atoms with E-state index in [2.05, 4.69) is 17.1 Å². The van der Waals surface area contributed by atoms with Crippen molar-refractivity contribution in [1.82, 2.24) is 15.1 Å². The Morgan fingerprint density at radius 3 is 2.86 bits per heavy atom. The number of piperazine rings is 1. The summed E-state index contributed by atoms with van der Waals surface area (Å²) in [6.07, 6.45) is 0. The van der Waals surface area contributed by atoms with Crippen molar-refractivity contribution in [3.63, 3.8) is 0 Å². The number of nitrogens with zero attached hydrogens (tertiary/aromatic N) is 2. The van der Waals surface area contributed by atoms with Crippen LogP contribution in [-0.4, -0.2) is 62.1 Å². The third kappa shape index (κ3) is 4.87. The molecule has 1 amide bonds. The molecule has 1 atom stereocenters. The van der Waals surface area contributed by atoms with Crippen LogP contribution in [0.1, 0.15) is 12.5 Å². The molecule has 2 rings (SSSR count). The lowest BCUT2D eigenvalue weighted by Gasteiger charge is -2.34. The molecule has 0 radical (unpaired) electrons. The Labute approximate surface area is 139 Å². The van der Waals surface area contributed by atoms with E-state index in [0.717, 1.165) is 30.9 Å². The van der Waals surface area contributed by atoms with E-state index in [0.29, 0.717) is 19.1 Å². The molecule has 0 saturated carbocycles. The van der Waals surface area contributed by atoms with Gasteiger partial charge in [0, 0.05) is 44.8 Å². The minimum absolute atomic E-state index is 0. The highest BCUT2D eigenvalue weighted by atomic mass is 35.5. The average Bonchev–Trinajstić information content (AvgIpc) is 2.50. The van der Waals surface area contributed by atoms with Crippen molar-refractivity contribution >= 4 is 18.3 Å². The summed E-state index contributed by atoms with van der Waals surface area (Å²) in [6.45, 7) is 6.03. The first-order valence-corrected chi connectivity index (χ1v) is 7.42. The highest BCUT2D eigenvalue weighted by Gasteiger charge is 2.22. The number of likely N-dealkylation sites (N-methyl/N-ethyl adjacent to an activating group) is 1. The van der Waals surface area contributed by atoms with Gasteiger partial charge in [-0.1, -0.05) is 18.2 Å². The zero-order valence-corrected chi connectivity index (χ0v) is 14.4. The van der Waals surface area contributed by atoms with Crippen molar-refractivity contribution < 1.29 is 9.53 Å². The van der Waals surface area contributed by atoms with Gasteiger partial charge in [0.05, 0.1) is 13.7 Å². The van der Waals surface area contributed by atoms with Crippen LogP contribution in [0.5, 0.6) is 5.75 Å². The van der Waals surface area contributed by atoms with Gasteiger partial charge in [-0.3, -0.25) is 9.69 Å². The highest BCUT2D eigenvalue weighted by molar-refractivity contribution is 5.85. The van der Waals surface area contributed by atoms with Crippen LogP contribution in [-0.2, 0) is 11.3 Å². The molecular weight excluding hydrogens is 302 g/mol. The molecule has 0 bridgehead atoms. The van der Waals surface area contributed by atoms with Crippen LogP contribution in [0.4, 0.5) is 0 Å². The number of ether oxygens (including phenoxy) is 1. The van der Waals surface area contributed by atoms with Gasteiger partial charge in [-0.05, 0) is 13.0 Å². The zero-order chi connectivity index (χ0) is 15.2. The SMILES string of the molecule is COc1ccccc1CN(C)C(=O)CN1CCNC[C@H]1C.Cl. The van der Waals surface area contributed by atoms with Gasteiger partial charge in [0.25, 0.3) is 0 Å². The summed E-state index contributed by atoms with van der Waals surface area (Å²) in [5.41, 5.74) is 1.03. The van der Waals surface area contributed by atoms with E-state index in [-0.39, 0.29) is 18.3 Å². The lowest BCUT2D eigenvalue weighted by molar-refractivity contribution is -0.132. The molecule has 1 aromatic carbocycles. The largest absolute Gasteiger partial charge is 0.496 e. The Hall–Kier alpha value is -1.30. The van der Waals surface area contributed by atoms with Crippen molar-refractivity contribution in [3.8, 4) is 5.75 Å². The number of methoxy groups -OCH3 is 1. The standard InChI is InChI=1S/C16H25N3O2.ClH/c1-13-10-17-8-9-19(13)12-16(20)18(2)11-14-6-4-5-7-15(14)21-3;/h4-7,13,17H,8-12H2,1-3H3;1H/t13-;/m1./s1. The summed E-state index contributed by atoms with van der Waals surface area (Å²) in [4.78, 5) is 16.4. The number of hydrogen-bond donors (Lipinski definition) is 1. The van der Waals surface area contributed by atoms with Crippen LogP contribution in [0.2, 0.25) is 0 Å². The number of hydrogen-bond acceptors (Lipinski definition) is 4. The smallest absolute Gasteiger partial charge is 0.236 e. The maximum absolute atomic E-state index is 12.4. The molecule has 124 valence electrons.